The monoisotopic (exact) mass is 416 g/mol. The zero-order chi connectivity index (χ0) is 21.7. The Balaban J connectivity index is 1.53. The molecule has 8 heteroatoms. The molecule has 0 saturated carbocycles. The molecule has 3 N–H and O–H groups in total. The Kier molecular flexibility index (Phi) is 7.66. The molecule has 0 bridgehead atoms. The number of aromatic nitrogens is 1. The molecule has 8 nitrogen and oxygen atoms in total. The number of carboxylic acids is 1. The molecule has 1 aromatic rings. The van der Waals surface area contributed by atoms with Gasteiger partial charge >= 0.3 is 5.97 Å². The van der Waals surface area contributed by atoms with E-state index >= 15 is 0 Å². The van der Waals surface area contributed by atoms with Crippen LogP contribution >= 0.6 is 0 Å². The standard InChI is InChI=1S/C22H36N6O2/c1-4-5-19(22(29)30)26-10-8-18(9-11-26)28-13-12-27(15-16(28)2)20-7-6-17(14-25-20)21(23)24-3/h6-7,14,16,18-19H,4-5,8-13,15H2,1-3H3,(H2,23,24)(H,29,30). The van der Waals surface area contributed by atoms with E-state index in [2.05, 4.69) is 38.8 Å². The highest BCUT2D eigenvalue weighted by Gasteiger charge is 2.34. The molecule has 0 aliphatic carbocycles. The van der Waals surface area contributed by atoms with Crippen LogP contribution in [0.15, 0.2) is 18.3 Å². The maximum absolute atomic E-state index is 11.6. The molecule has 166 valence electrons. The van der Waals surface area contributed by atoms with Gasteiger partial charge in [-0.05, 0) is 38.3 Å². The second kappa shape index (κ2) is 10.2. The van der Waals surface area contributed by atoms with Gasteiger partial charge < -0.3 is 15.3 Å². The highest BCUT2D eigenvalue weighted by atomic mass is 16.4. The molecule has 0 spiro atoms. The molecule has 30 heavy (non-hydrogen) atoms. The molecule has 0 radical (unpaired) electrons. The van der Waals surface area contributed by atoms with E-state index in [-0.39, 0.29) is 6.04 Å². The first-order chi connectivity index (χ1) is 14.4. The summed E-state index contributed by atoms with van der Waals surface area (Å²) in [4.78, 5) is 23.3. The molecule has 3 heterocycles. The zero-order valence-corrected chi connectivity index (χ0v) is 18.5. The maximum atomic E-state index is 11.6. The van der Waals surface area contributed by atoms with E-state index < -0.39 is 5.97 Å². The fourth-order valence-electron chi connectivity index (χ4n) is 4.85. The van der Waals surface area contributed by atoms with E-state index in [0.29, 0.717) is 17.9 Å². The van der Waals surface area contributed by atoms with Gasteiger partial charge in [0, 0.05) is 63.6 Å². The van der Waals surface area contributed by atoms with Crippen molar-refractivity contribution in [2.75, 3.05) is 44.7 Å². The van der Waals surface area contributed by atoms with Crippen molar-refractivity contribution >= 4 is 17.6 Å². The SMILES string of the molecule is CCCC(C(=O)O)N1CCC(N2CCN(c3ccc(C(=N)NC)cn3)CC2C)CC1. The van der Waals surface area contributed by atoms with E-state index in [0.717, 1.165) is 69.8 Å². The van der Waals surface area contributed by atoms with E-state index in [4.69, 9.17) is 5.41 Å². The number of carboxylic acid groups (broad SMARTS) is 1. The fraction of sp³-hybridized carbons (Fsp3) is 0.682. The summed E-state index contributed by atoms with van der Waals surface area (Å²) < 4.78 is 0. The smallest absolute Gasteiger partial charge is 0.320 e. The summed E-state index contributed by atoms with van der Waals surface area (Å²) in [5.41, 5.74) is 0.794. The van der Waals surface area contributed by atoms with Crippen molar-refractivity contribution in [1.29, 1.82) is 5.41 Å². The topological polar surface area (TPSA) is 95.8 Å². The Hall–Kier alpha value is -2.19. The molecule has 2 aliphatic rings. The molecule has 1 aromatic heterocycles. The number of piperidine rings is 1. The van der Waals surface area contributed by atoms with Crippen LogP contribution in [0, 0.1) is 5.41 Å². The Labute approximate surface area is 179 Å². The van der Waals surface area contributed by atoms with Crippen molar-refractivity contribution in [1.82, 2.24) is 20.1 Å². The molecule has 2 atom stereocenters. The van der Waals surface area contributed by atoms with Crippen molar-refractivity contribution in [3.8, 4) is 0 Å². The van der Waals surface area contributed by atoms with Gasteiger partial charge in [0.05, 0.1) is 0 Å². The third-order valence-electron chi connectivity index (χ3n) is 6.55. The molecule has 2 fully saturated rings. The number of nitrogens with one attached hydrogen (secondary N) is 2. The molecule has 3 rings (SSSR count). The lowest BCUT2D eigenvalue weighted by Crippen LogP contribution is -2.58. The van der Waals surface area contributed by atoms with Crippen LogP contribution < -0.4 is 10.2 Å². The number of nitrogens with zero attached hydrogens (tertiary/aromatic N) is 4. The van der Waals surface area contributed by atoms with Crippen LogP contribution in [0.1, 0.15) is 45.1 Å². The van der Waals surface area contributed by atoms with Crippen LogP contribution in [-0.4, -0.2) is 89.6 Å². The first-order valence-corrected chi connectivity index (χ1v) is 11.1. The lowest BCUT2D eigenvalue weighted by molar-refractivity contribution is -0.144. The molecular formula is C22H36N6O2. The maximum Gasteiger partial charge on any atom is 0.320 e. The number of amidine groups is 1. The molecule has 2 unspecified atom stereocenters. The van der Waals surface area contributed by atoms with E-state index in [1.165, 1.54) is 0 Å². The van der Waals surface area contributed by atoms with E-state index in [9.17, 15) is 9.90 Å². The highest BCUT2D eigenvalue weighted by Crippen LogP contribution is 2.25. The van der Waals surface area contributed by atoms with Crippen LogP contribution in [0.3, 0.4) is 0 Å². The van der Waals surface area contributed by atoms with Gasteiger partial charge in [-0.15, -0.1) is 0 Å². The normalized spacial score (nSPS) is 22.6. The van der Waals surface area contributed by atoms with Crippen molar-refractivity contribution in [2.45, 2.75) is 57.7 Å². The lowest BCUT2D eigenvalue weighted by atomic mass is 9.97. The number of likely N-dealkylation sites (tertiary alicyclic amines) is 1. The van der Waals surface area contributed by atoms with Crippen molar-refractivity contribution in [3.05, 3.63) is 23.9 Å². The average molecular weight is 417 g/mol. The number of anilines is 1. The van der Waals surface area contributed by atoms with Crippen LogP contribution in [0.25, 0.3) is 0 Å². The number of aliphatic carboxylic acids is 1. The Morgan fingerprint density at radius 1 is 1.30 bits per heavy atom. The summed E-state index contributed by atoms with van der Waals surface area (Å²) in [7, 11) is 1.74. The molecule has 2 saturated heterocycles. The predicted octanol–water partition coefficient (Wildman–Crippen LogP) is 1.85. The predicted molar refractivity (Wildman–Crippen MR) is 119 cm³/mol. The second-order valence-electron chi connectivity index (χ2n) is 8.47. The quantitative estimate of drug-likeness (QED) is 0.461. The van der Waals surface area contributed by atoms with Crippen LogP contribution in [0.5, 0.6) is 0 Å². The van der Waals surface area contributed by atoms with Gasteiger partial charge in [0.1, 0.15) is 17.7 Å². The summed E-state index contributed by atoms with van der Waals surface area (Å²) in [6.07, 6.45) is 5.47. The largest absolute Gasteiger partial charge is 0.480 e. The van der Waals surface area contributed by atoms with Gasteiger partial charge in [0.2, 0.25) is 0 Å². The summed E-state index contributed by atoms with van der Waals surface area (Å²) in [6.45, 7) is 8.94. The van der Waals surface area contributed by atoms with Crippen LogP contribution in [0.2, 0.25) is 0 Å². The first-order valence-electron chi connectivity index (χ1n) is 11.1. The number of hydrogen-bond acceptors (Lipinski definition) is 6. The minimum Gasteiger partial charge on any atom is -0.480 e. The van der Waals surface area contributed by atoms with Gasteiger partial charge in [-0.25, -0.2) is 4.98 Å². The van der Waals surface area contributed by atoms with Gasteiger partial charge in [-0.2, -0.15) is 0 Å². The van der Waals surface area contributed by atoms with Crippen molar-refractivity contribution < 1.29 is 9.90 Å². The summed E-state index contributed by atoms with van der Waals surface area (Å²) in [6, 6.07) is 4.58. The fourth-order valence-corrected chi connectivity index (χ4v) is 4.85. The zero-order valence-electron chi connectivity index (χ0n) is 18.5. The number of piperazine rings is 1. The Bertz CT molecular complexity index is 717. The molecule has 0 amide bonds. The first kappa shape index (κ1) is 22.5. The summed E-state index contributed by atoms with van der Waals surface area (Å²) in [5.74, 6) is 0.663. The Morgan fingerprint density at radius 3 is 2.57 bits per heavy atom. The van der Waals surface area contributed by atoms with Gasteiger partial charge in [-0.1, -0.05) is 13.3 Å². The number of rotatable bonds is 7. The minimum absolute atomic E-state index is 0.330. The number of carbonyl (C=O) groups is 1. The van der Waals surface area contributed by atoms with Gasteiger partial charge in [-0.3, -0.25) is 20.0 Å². The lowest BCUT2D eigenvalue weighted by Gasteiger charge is -2.47. The third kappa shape index (κ3) is 5.10. The molecule has 0 aromatic carbocycles. The summed E-state index contributed by atoms with van der Waals surface area (Å²) in [5, 5.41) is 20.2. The van der Waals surface area contributed by atoms with Crippen LogP contribution in [-0.2, 0) is 4.79 Å². The Morgan fingerprint density at radius 2 is 2.03 bits per heavy atom. The van der Waals surface area contributed by atoms with E-state index in [1.807, 2.05) is 12.1 Å². The average Bonchev–Trinajstić information content (AvgIpc) is 2.77. The minimum atomic E-state index is -0.680. The van der Waals surface area contributed by atoms with Crippen LogP contribution in [0.4, 0.5) is 5.82 Å². The van der Waals surface area contributed by atoms with E-state index in [1.54, 1.807) is 13.2 Å². The third-order valence-corrected chi connectivity index (χ3v) is 6.55. The number of pyridine rings is 1. The molecular weight excluding hydrogens is 380 g/mol. The van der Waals surface area contributed by atoms with Crippen molar-refractivity contribution in [2.24, 2.45) is 0 Å². The highest BCUT2D eigenvalue weighted by molar-refractivity contribution is 5.95. The second-order valence-corrected chi connectivity index (χ2v) is 8.47. The van der Waals surface area contributed by atoms with Crippen molar-refractivity contribution in [3.63, 3.8) is 0 Å². The van der Waals surface area contributed by atoms with Gasteiger partial charge in [0.15, 0.2) is 0 Å². The summed E-state index contributed by atoms with van der Waals surface area (Å²) >= 11 is 0. The number of hydrogen-bond donors (Lipinski definition) is 3. The van der Waals surface area contributed by atoms with Gasteiger partial charge in [0.25, 0.3) is 0 Å². The molecule has 2 aliphatic heterocycles.